The number of hydrogen-bond donors (Lipinski definition) is 1. The van der Waals surface area contributed by atoms with Gasteiger partial charge in [0.05, 0.1) is 17.3 Å². The van der Waals surface area contributed by atoms with Gasteiger partial charge in [0.1, 0.15) is 16.9 Å². The van der Waals surface area contributed by atoms with Gasteiger partial charge in [-0.1, -0.05) is 18.2 Å². The van der Waals surface area contributed by atoms with Gasteiger partial charge in [-0.15, -0.1) is 0 Å². The van der Waals surface area contributed by atoms with Crippen molar-refractivity contribution in [2.45, 2.75) is 19.4 Å². The third kappa shape index (κ3) is 3.22. The smallest absolute Gasteiger partial charge is 0.307 e. The first kappa shape index (κ1) is 18.1. The van der Waals surface area contributed by atoms with E-state index in [2.05, 4.69) is 15.5 Å². The number of amides is 1. The lowest BCUT2D eigenvalue weighted by molar-refractivity contribution is 0.0929. The SMILES string of the molecule is CC1(C)C=Cc2c(ccc3cc(C(=O)N/N=C/c4cccc5ncccc45)oc23)O1. The largest absolute Gasteiger partial charge is 0.483 e. The second kappa shape index (κ2) is 6.84. The Kier molecular flexibility index (Phi) is 4.13. The van der Waals surface area contributed by atoms with Crippen LogP contribution in [-0.4, -0.2) is 22.7 Å². The second-order valence-electron chi connectivity index (χ2n) is 7.66. The summed E-state index contributed by atoms with van der Waals surface area (Å²) in [4.78, 5) is 16.9. The van der Waals surface area contributed by atoms with Crippen LogP contribution in [0.4, 0.5) is 0 Å². The lowest BCUT2D eigenvalue weighted by atomic mass is 10.0. The highest BCUT2D eigenvalue weighted by Gasteiger charge is 2.24. The summed E-state index contributed by atoms with van der Waals surface area (Å²) in [5, 5.41) is 5.88. The zero-order chi connectivity index (χ0) is 20.7. The number of pyridine rings is 1. The molecule has 4 aromatic rings. The van der Waals surface area contributed by atoms with E-state index in [1.54, 1.807) is 18.5 Å². The van der Waals surface area contributed by atoms with Crippen LogP contribution in [0, 0.1) is 0 Å². The van der Waals surface area contributed by atoms with Crippen LogP contribution >= 0.6 is 0 Å². The van der Waals surface area contributed by atoms with Crippen LogP contribution in [0.3, 0.4) is 0 Å². The number of carbonyl (C=O) groups is 1. The molecular formula is C24H19N3O3. The van der Waals surface area contributed by atoms with Gasteiger partial charge in [0.2, 0.25) is 0 Å². The van der Waals surface area contributed by atoms with Crippen molar-refractivity contribution in [2.75, 3.05) is 0 Å². The summed E-state index contributed by atoms with van der Waals surface area (Å²) >= 11 is 0. The summed E-state index contributed by atoms with van der Waals surface area (Å²) in [5.41, 5.74) is 5.34. The summed E-state index contributed by atoms with van der Waals surface area (Å²) in [7, 11) is 0. The summed E-state index contributed by atoms with van der Waals surface area (Å²) in [5.74, 6) is 0.503. The van der Waals surface area contributed by atoms with E-state index in [9.17, 15) is 4.79 Å². The molecule has 0 aliphatic carbocycles. The van der Waals surface area contributed by atoms with Gasteiger partial charge in [-0.05, 0) is 56.3 Å². The highest BCUT2D eigenvalue weighted by atomic mass is 16.5. The van der Waals surface area contributed by atoms with E-state index >= 15 is 0 Å². The quantitative estimate of drug-likeness (QED) is 0.393. The Bertz CT molecular complexity index is 1340. The minimum atomic E-state index is -0.421. The maximum Gasteiger partial charge on any atom is 0.307 e. The lowest BCUT2D eigenvalue weighted by Crippen LogP contribution is -2.27. The fourth-order valence-corrected chi connectivity index (χ4v) is 3.52. The molecule has 0 atom stereocenters. The average Bonchev–Trinajstić information content (AvgIpc) is 3.18. The van der Waals surface area contributed by atoms with Gasteiger partial charge in [-0.2, -0.15) is 5.10 Å². The van der Waals surface area contributed by atoms with Gasteiger partial charge in [-0.3, -0.25) is 9.78 Å². The topological polar surface area (TPSA) is 76.7 Å². The number of nitrogens with zero attached hydrogens (tertiary/aromatic N) is 2. The third-order valence-corrected chi connectivity index (χ3v) is 4.98. The fraction of sp³-hybridized carbons (Fsp3) is 0.125. The Balaban J connectivity index is 1.39. The number of hydrogen-bond acceptors (Lipinski definition) is 5. The Morgan fingerprint density at radius 3 is 2.97 bits per heavy atom. The van der Waals surface area contributed by atoms with Gasteiger partial charge in [-0.25, -0.2) is 5.43 Å². The molecule has 3 heterocycles. The zero-order valence-electron chi connectivity index (χ0n) is 16.5. The predicted octanol–water partition coefficient (Wildman–Crippen LogP) is 4.93. The Hall–Kier alpha value is -3.93. The maximum atomic E-state index is 12.6. The summed E-state index contributed by atoms with van der Waals surface area (Å²) in [6.07, 6.45) is 7.29. The Labute approximate surface area is 172 Å². The van der Waals surface area contributed by atoms with Crippen LogP contribution in [0.15, 0.2) is 70.3 Å². The van der Waals surface area contributed by atoms with Crippen molar-refractivity contribution in [3.8, 4) is 5.75 Å². The standard InChI is InChI=1S/C24H19N3O3/c1-24(2)11-10-18-20(30-24)9-8-15-13-21(29-22(15)18)23(28)27-26-14-16-5-3-7-19-17(16)6-4-12-25-19/h3-14H,1-2H3,(H,27,28)/b26-14+. The highest BCUT2D eigenvalue weighted by Crippen LogP contribution is 2.37. The molecule has 0 saturated carbocycles. The average molecular weight is 397 g/mol. The van der Waals surface area contributed by atoms with Crippen LogP contribution in [0.1, 0.15) is 35.5 Å². The van der Waals surface area contributed by atoms with Gasteiger partial charge in [0, 0.05) is 22.5 Å². The number of fused-ring (bicyclic) bond motifs is 4. The second-order valence-corrected chi connectivity index (χ2v) is 7.66. The van der Waals surface area contributed by atoms with Crippen LogP contribution in [0.2, 0.25) is 0 Å². The molecule has 6 heteroatoms. The van der Waals surface area contributed by atoms with Crippen molar-refractivity contribution in [2.24, 2.45) is 5.10 Å². The Morgan fingerprint density at radius 2 is 2.07 bits per heavy atom. The molecule has 0 fully saturated rings. The van der Waals surface area contributed by atoms with Crippen LogP contribution in [0.5, 0.6) is 5.75 Å². The predicted molar refractivity (Wildman–Crippen MR) is 117 cm³/mol. The molecule has 0 radical (unpaired) electrons. The highest BCUT2D eigenvalue weighted by molar-refractivity contribution is 6.01. The van der Waals surface area contributed by atoms with Crippen molar-refractivity contribution in [3.63, 3.8) is 0 Å². The van der Waals surface area contributed by atoms with Gasteiger partial charge in [0.15, 0.2) is 5.76 Å². The monoisotopic (exact) mass is 397 g/mol. The van der Waals surface area contributed by atoms with E-state index in [0.717, 1.165) is 33.2 Å². The van der Waals surface area contributed by atoms with E-state index in [1.165, 1.54) is 0 Å². The third-order valence-electron chi connectivity index (χ3n) is 4.98. The van der Waals surface area contributed by atoms with Crippen molar-refractivity contribution in [1.29, 1.82) is 0 Å². The lowest BCUT2D eigenvalue weighted by Gasteiger charge is -2.27. The molecule has 0 bridgehead atoms. The van der Waals surface area contributed by atoms with Crippen molar-refractivity contribution >= 4 is 40.1 Å². The summed E-state index contributed by atoms with van der Waals surface area (Å²) in [6, 6.07) is 15.1. The minimum Gasteiger partial charge on any atom is -0.483 e. The molecule has 5 rings (SSSR count). The maximum absolute atomic E-state index is 12.6. The number of furan rings is 1. The van der Waals surface area contributed by atoms with Crippen LogP contribution in [0.25, 0.3) is 27.9 Å². The molecule has 2 aromatic carbocycles. The first-order chi connectivity index (χ1) is 14.5. The number of ether oxygens (including phenoxy) is 1. The van der Waals surface area contributed by atoms with E-state index < -0.39 is 5.91 Å². The summed E-state index contributed by atoms with van der Waals surface area (Å²) in [6.45, 7) is 3.98. The molecular weight excluding hydrogens is 378 g/mol. The first-order valence-electron chi connectivity index (χ1n) is 9.62. The zero-order valence-corrected chi connectivity index (χ0v) is 16.5. The molecule has 1 amide bonds. The van der Waals surface area contributed by atoms with Crippen molar-refractivity contribution in [3.05, 3.63) is 77.7 Å². The summed E-state index contributed by atoms with van der Waals surface area (Å²) < 4.78 is 11.8. The van der Waals surface area contributed by atoms with E-state index in [4.69, 9.17) is 9.15 Å². The number of rotatable bonds is 3. The normalized spacial score (nSPS) is 14.7. The van der Waals surface area contributed by atoms with E-state index in [0.29, 0.717) is 5.58 Å². The van der Waals surface area contributed by atoms with Crippen molar-refractivity contribution in [1.82, 2.24) is 10.4 Å². The number of carbonyl (C=O) groups excluding carboxylic acids is 1. The van der Waals surface area contributed by atoms with E-state index in [1.807, 2.05) is 68.5 Å². The minimum absolute atomic E-state index is 0.188. The van der Waals surface area contributed by atoms with Crippen LogP contribution in [-0.2, 0) is 0 Å². The number of benzene rings is 2. The molecule has 30 heavy (non-hydrogen) atoms. The van der Waals surface area contributed by atoms with Crippen LogP contribution < -0.4 is 10.2 Å². The number of hydrazone groups is 1. The molecule has 0 saturated heterocycles. The number of aromatic nitrogens is 1. The molecule has 1 aliphatic rings. The van der Waals surface area contributed by atoms with Gasteiger partial charge < -0.3 is 9.15 Å². The molecule has 2 aromatic heterocycles. The molecule has 1 aliphatic heterocycles. The molecule has 1 N–H and O–H groups in total. The Morgan fingerprint density at radius 1 is 1.17 bits per heavy atom. The molecule has 0 spiro atoms. The molecule has 6 nitrogen and oxygen atoms in total. The fourth-order valence-electron chi connectivity index (χ4n) is 3.52. The molecule has 0 unspecified atom stereocenters. The first-order valence-corrected chi connectivity index (χ1v) is 9.62. The number of nitrogens with one attached hydrogen (secondary N) is 1. The van der Waals surface area contributed by atoms with Gasteiger partial charge >= 0.3 is 5.91 Å². The molecule has 148 valence electrons. The van der Waals surface area contributed by atoms with E-state index in [-0.39, 0.29) is 11.4 Å². The van der Waals surface area contributed by atoms with Crippen molar-refractivity contribution < 1.29 is 13.9 Å². The van der Waals surface area contributed by atoms with Gasteiger partial charge in [0.25, 0.3) is 0 Å².